The van der Waals surface area contributed by atoms with Gasteiger partial charge in [0.05, 0.1) is 25.4 Å². The van der Waals surface area contributed by atoms with Crippen LogP contribution in [0.25, 0.3) is 0 Å². The Morgan fingerprint density at radius 2 is 1.58 bits per heavy atom. The van der Waals surface area contributed by atoms with Crippen molar-refractivity contribution in [2.45, 2.75) is 72.0 Å². The summed E-state index contributed by atoms with van der Waals surface area (Å²) in [5.74, 6) is 0. The maximum absolute atomic E-state index is 5.68. The minimum atomic E-state index is 0.146. The number of unbranched alkanes of at least 4 members (excludes halogenated alkanes) is 4. The van der Waals surface area contributed by atoms with Crippen molar-refractivity contribution < 1.29 is 14.2 Å². The molecule has 3 nitrogen and oxygen atoms in total. The summed E-state index contributed by atoms with van der Waals surface area (Å²) in [6.07, 6.45) is 8.70. The molecule has 3 heteroatoms. The molecular weight excluding hydrogens is 240 g/mol. The summed E-state index contributed by atoms with van der Waals surface area (Å²) in [6, 6.07) is 0. The summed E-state index contributed by atoms with van der Waals surface area (Å²) in [5, 5.41) is 0. The highest BCUT2D eigenvalue weighted by Gasteiger charge is 2.06. The molecule has 0 saturated heterocycles. The van der Waals surface area contributed by atoms with Crippen LogP contribution < -0.4 is 0 Å². The van der Waals surface area contributed by atoms with E-state index in [1.54, 1.807) is 0 Å². The van der Waals surface area contributed by atoms with Crippen LogP contribution in [-0.2, 0) is 14.2 Å². The molecule has 0 fully saturated rings. The van der Waals surface area contributed by atoms with Crippen LogP contribution in [0, 0.1) is 6.42 Å². The highest BCUT2D eigenvalue weighted by atomic mass is 16.6. The van der Waals surface area contributed by atoms with Crippen molar-refractivity contribution in [1.82, 2.24) is 0 Å². The predicted molar refractivity (Wildman–Crippen MR) is 80.4 cm³/mol. The maximum atomic E-state index is 5.68. The molecule has 1 radical (unpaired) electrons. The van der Waals surface area contributed by atoms with Crippen LogP contribution in [-0.4, -0.2) is 38.6 Å². The van der Waals surface area contributed by atoms with Gasteiger partial charge in [0.1, 0.15) is 0 Å². The predicted octanol–water partition coefficient (Wildman–Crippen LogP) is 4.01. The second kappa shape index (κ2) is 14.3. The molecule has 0 rings (SSSR count). The van der Waals surface area contributed by atoms with Crippen LogP contribution in [0.5, 0.6) is 0 Å². The third-order valence-corrected chi connectivity index (χ3v) is 2.91. The van der Waals surface area contributed by atoms with E-state index in [-0.39, 0.29) is 12.2 Å². The van der Waals surface area contributed by atoms with E-state index in [1.165, 1.54) is 32.1 Å². The Balaban J connectivity index is 3.27. The summed E-state index contributed by atoms with van der Waals surface area (Å²) in [5.41, 5.74) is 0. The minimum absolute atomic E-state index is 0.146. The van der Waals surface area contributed by atoms with Gasteiger partial charge in [0.2, 0.25) is 0 Å². The molecule has 0 bridgehead atoms. The highest BCUT2D eigenvalue weighted by molar-refractivity contribution is 4.57. The van der Waals surface area contributed by atoms with Gasteiger partial charge in [0, 0.05) is 13.2 Å². The monoisotopic (exact) mass is 273 g/mol. The van der Waals surface area contributed by atoms with E-state index in [0.29, 0.717) is 19.8 Å². The van der Waals surface area contributed by atoms with Crippen molar-refractivity contribution >= 4 is 0 Å². The van der Waals surface area contributed by atoms with Gasteiger partial charge in [-0.25, -0.2) is 0 Å². The molecule has 0 heterocycles. The van der Waals surface area contributed by atoms with E-state index in [1.807, 2.05) is 20.3 Å². The minimum Gasteiger partial charge on any atom is -0.379 e. The van der Waals surface area contributed by atoms with Crippen molar-refractivity contribution in [2.24, 2.45) is 0 Å². The van der Waals surface area contributed by atoms with E-state index >= 15 is 0 Å². The Kier molecular flexibility index (Phi) is 14.2. The van der Waals surface area contributed by atoms with Gasteiger partial charge < -0.3 is 14.2 Å². The Morgan fingerprint density at radius 1 is 0.895 bits per heavy atom. The van der Waals surface area contributed by atoms with Gasteiger partial charge in [-0.2, -0.15) is 0 Å². The Morgan fingerprint density at radius 3 is 2.26 bits per heavy atom. The summed E-state index contributed by atoms with van der Waals surface area (Å²) in [4.78, 5) is 0. The number of hydrogen-bond acceptors (Lipinski definition) is 3. The fourth-order valence-electron chi connectivity index (χ4n) is 1.71. The van der Waals surface area contributed by atoms with E-state index in [9.17, 15) is 0 Å². The molecule has 19 heavy (non-hydrogen) atoms. The number of hydrogen-bond donors (Lipinski definition) is 0. The standard InChI is InChI=1S/C16H33O3/c1-5-7-8-9-10-12-17-13-15(3)19-14-16(4)18-11-6-2/h6,15-16H,5,7-14H2,1-4H3. The molecule has 0 spiro atoms. The smallest absolute Gasteiger partial charge is 0.0781 e. The van der Waals surface area contributed by atoms with Gasteiger partial charge in [-0.15, -0.1) is 0 Å². The van der Waals surface area contributed by atoms with Crippen molar-refractivity contribution in [1.29, 1.82) is 0 Å². The quantitative estimate of drug-likeness (QED) is 0.448. The molecular formula is C16H33O3. The van der Waals surface area contributed by atoms with Crippen LogP contribution in [0.1, 0.15) is 59.8 Å². The molecule has 0 aliphatic rings. The van der Waals surface area contributed by atoms with E-state index in [2.05, 4.69) is 13.8 Å². The molecule has 0 aliphatic heterocycles. The second-order valence-electron chi connectivity index (χ2n) is 5.19. The molecule has 0 aliphatic carbocycles. The van der Waals surface area contributed by atoms with E-state index in [0.717, 1.165) is 6.61 Å². The van der Waals surface area contributed by atoms with Crippen molar-refractivity contribution in [3.05, 3.63) is 6.42 Å². The van der Waals surface area contributed by atoms with Gasteiger partial charge in [0.15, 0.2) is 0 Å². The van der Waals surface area contributed by atoms with Crippen LogP contribution in [0.2, 0.25) is 0 Å². The maximum Gasteiger partial charge on any atom is 0.0781 e. The lowest BCUT2D eigenvalue weighted by atomic mass is 10.2. The first-order valence-electron chi connectivity index (χ1n) is 7.79. The van der Waals surface area contributed by atoms with E-state index in [4.69, 9.17) is 14.2 Å². The zero-order valence-electron chi connectivity index (χ0n) is 13.3. The number of rotatable bonds is 14. The van der Waals surface area contributed by atoms with Gasteiger partial charge in [-0.05, 0) is 26.7 Å². The highest BCUT2D eigenvalue weighted by Crippen LogP contribution is 2.03. The summed E-state index contributed by atoms with van der Waals surface area (Å²) in [7, 11) is 0. The average molecular weight is 273 g/mol. The zero-order chi connectivity index (χ0) is 14.3. The average Bonchev–Trinajstić information content (AvgIpc) is 2.41. The largest absolute Gasteiger partial charge is 0.379 e. The molecule has 0 aromatic carbocycles. The lowest BCUT2D eigenvalue weighted by Gasteiger charge is -2.17. The molecule has 0 saturated carbocycles. The van der Waals surface area contributed by atoms with Crippen molar-refractivity contribution in [3.63, 3.8) is 0 Å². The molecule has 0 N–H and O–H groups in total. The molecule has 0 aromatic heterocycles. The van der Waals surface area contributed by atoms with Crippen molar-refractivity contribution in [3.8, 4) is 0 Å². The third-order valence-electron chi connectivity index (χ3n) is 2.91. The summed E-state index contributed by atoms with van der Waals surface area (Å²) < 4.78 is 16.8. The fraction of sp³-hybridized carbons (Fsp3) is 0.938. The second-order valence-corrected chi connectivity index (χ2v) is 5.19. The van der Waals surface area contributed by atoms with Gasteiger partial charge in [-0.1, -0.05) is 39.5 Å². The van der Waals surface area contributed by atoms with Crippen LogP contribution >= 0.6 is 0 Å². The van der Waals surface area contributed by atoms with Crippen LogP contribution in [0.15, 0.2) is 0 Å². The first-order chi connectivity index (χ1) is 9.20. The Bertz CT molecular complexity index is 173. The van der Waals surface area contributed by atoms with Gasteiger partial charge >= 0.3 is 0 Å². The summed E-state index contributed by atoms with van der Waals surface area (Å²) in [6.45, 7) is 11.2. The van der Waals surface area contributed by atoms with Gasteiger partial charge in [0.25, 0.3) is 0 Å². The Labute approximate surface area is 120 Å². The molecule has 2 unspecified atom stereocenters. The Hall–Kier alpha value is -0.120. The molecule has 2 atom stereocenters. The topological polar surface area (TPSA) is 27.7 Å². The SMILES string of the molecule is C[CH]COC(C)COC(C)COCCCCCCC. The third kappa shape index (κ3) is 14.1. The zero-order valence-corrected chi connectivity index (χ0v) is 13.3. The molecule has 0 amide bonds. The molecule has 0 aromatic rings. The first-order valence-corrected chi connectivity index (χ1v) is 7.79. The first kappa shape index (κ1) is 18.9. The van der Waals surface area contributed by atoms with Crippen LogP contribution in [0.3, 0.4) is 0 Å². The van der Waals surface area contributed by atoms with Crippen LogP contribution in [0.4, 0.5) is 0 Å². The fourth-order valence-corrected chi connectivity index (χ4v) is 1.71. The summed E-state index contributed by atoms with van der Waals surface area (Å²) >= 11 is 0. The lowest BCUT2D eigenvalue weighted by Crippen LogP contribution is -2.23. The van der Waals surface area contributed by atoms with E-state index < -0.39 is 0 Å². The number of ether oxygens (including phenoxy) is 3. The molecule has 115 valence electrons. The van der Waals surface area contributed by atoms with Crippen molar-refractivity contribution in [2.75, 3.05) is 26.4 Å². The normalized spacial score (nSPS) is 14.5. The van der Waals surface area contributed by atoms with Gasteiger partial charge in [-0.3, -0.25) is 0 Å². The lowest BCUT2D eigenvalue weighted by molar-refractivity contribution is -0.0537.